The molecule has 1 aromatic rings. The molecule has 0 fully saturated rings. The van der Waals surface area contributed by atoms with Crippen LogP contribution in [0.4, 0.5) is 4.79 Å². The highest BCUT2D eigenvalue weighted by molar-refractivity contribution is 7.09. The molecule has 1 heterocycles. The maximum Gasteiger partial charge on any atom is 0.407 e. The molecule has 1 rings (SSSR count). The number of carbonyl (C=O) groups excluding carboxylic acids is 4. The summed E-state index contributed by atoms with van der Waals surface area (Å²) >= 11 is 1.40. The van der Waals surface area contributed by atoms with Gasteiger partial charge in [-0.1, -0.05) is 13.3 Å². The molecule has 0 aliphatic rings. The predicted molar refractivity (Wildman–Crippen MR) is 131 cm³/mol. The summed E-state index contributed by atoms with van der Waals surface area (Å²) < 4.78 is 0. The number of aromatic nitrogens is 1. The highest BCUT2D eigenvalue weighted by atomic mass is 32.1. The first-order valence-corrected chi connectivity index (χ1v) is 12.5. The SMILES string of the molecule is CCCCNC(=O)CNC(=O)CCCCNC(=O)C(CC(=O)NCc1nc(C)cs1)N(C)C(=O)O. The monoisotopic (exact) mass is 512 g/mol. The molecule has 0 saturated carbocycles. The minimum absolute atomic E-state index is 0.0767. The first-order chi connectivity index (χ1) is 16.6. The molecular weight excluding hydrogens is 476 g/mol. The van der Waals surface area contributed by atoms with Crippen LogP contribution in [0.2, 0.25) is 0 Å². The number of carboxylic acid groups (broad SMARTS) is 1. The molecule has 0 aliphatic carbocycles. The molecule has 196 valence electrons. The largest absolute Gasteiger partial charge is 0.465 e. The topological polar surface area (TPSA) is 170 Å². The van der Waals surface area contributed by atoms with Gasteiger partial charge in [0.05, 0.1) is 19.5 Å². The van der Waals surface area contributed by atoms with Gasteiger partial charge in [0.1, 0.15) is 11.0 Å². The molecule has 0 aromatic carbocycles. The first kappa shape index (κ1) is 29.8. The number of hydrogen-bond donors (Lipinski definition) is 5. The second-order valence-corrected chi connectivity index (χ2v) is 8.94. The van der Waals surface area contributed by atoms with E-state index in [0.29, 0.717) is 24.4 Å². The van der Waals surface area contributed by atoms with Crippen LogP contribution in [0.1, 0.15) is 56.2 Å². The Morgan fingerprint density at radius 2 is 1.71 bits per heavy atom. The van der Waals surface area contributed by atoms with Crippen molar-refractivity contribution in [2.75, 3.05) is 26.7 Å². The number of likely N-dealkylation sites (N-methyl/N-ethyl adjacent to an activating group) is 1. The van der Waals surface area contributed by atoms with Crippen molar-refractivity contribution < 1.29 is 29.1 Å². The molecular formula is C22H36N6O6S. The zero-order valence-corrected chi connectivity index (χ0v) is 21.3. The number of carbonyl (C=O) groups is 5. The van der Waals surface area contributed by atoms with E-state index in [9.17, 15) is 29.1 Å². The van der Waals surface area contributed by atoms with Gasteiger partial charge >= 0.3 is 6.09 Å². The van der Waals surface area contributed by atoms with E-state index in [1.807, 2.05) is 19.2 Å². The molecule has 5 amide bonds. The van der Waals surface area contributed by atoms with E-state index >= 15 is 0 Å². The van der Waals surface area contributed by atoms with Gasteiger partial charge < -0.3 is 26.4 Å². The highest BCUT2D eigenvalue weighted by Crippen LogP contribution is 2.09. The van der Waals surface area contributed by atoms with E-state index in [-0.39, 0.29) is 44.3 Å². The normalized spacial score (nSPS) is 11.3. The fourth-order valence-corrected chi connectivity index (χ4v) is 3.63. The van der Waals surface area contributed by atoms with Crippen LogP contribution in [0.25, 0.3) is 0 Å². The third kappa shape index (κ3) is 12.7. The molecule has 35 heavy (non-hydrogen) atoms. The van der Waals surface area contributed by atoms with Gasteiger partial charge in [-0.3, -0.25) is 24.1 Å². The van der Waals surface area contributed by atoms with Gasteiger partial charge in [-0.05, 0) is 26.2 Å². The lowest BCUT2D eigenvalue weighted by molar-refractivity contribution is -0.130. The van der Waals surface area contributed by atoms with Crippen molar-refractivity contribution in [3.8, 4) is 0 Å². The first-order valence-electron chi connectivity index (χ1n) is 11.6. The van der Waals surface area contributed by atoms with Gasteiger partial charge in [0.25, 0.3) is 0 Å². The molecule has 13 heteroatoms. The minimum Gasteiger partial charge on any atom is -0.465 e. The van der Waals surface area contributed by atoms with Crippen molar-refractivity contribution in [1.29, 1.82) is 0 Å². The second-order valence-electron chi connectivity index (χ2n) is 8.00. The van der Waals surface area contributed by atoms with Gasteiger partial charge in [-0.15, -0.1) is 11.3 Å². The predicted octanol–water partition coefficient (Wildman–Crippen LogP) is 0.755. The number of thiazole rings is 1. The van der Waals surface area contributed by atoms with Crippen LogP contribution >= 0.6 is 11.3 Å². The van der Waals surface area contributed by atoms with E-state index in [0.717, 1.165) is 23.4 Å². The van der Waals surface area contributed by atoms with Gasteiger partial charge in [0.2, 0.25) is 23.6 Å². The molecule has 12 nitrogen and oxygen atoms in total. The number of amides is 5. The van der Waals surface area contributed by atoms with E-state index < -0.39 is 23.9 Å². The van der Waals surface area contributed by atoms with Crippen LogP contribution < -0.4 is 21.3 Å². The van der Waals surface area contributed by atoms with Crippen molar-refractivity contribution in [2.45, 2.75) is 65.0 Å². The van der Waals surface area contributed by atoms with E-state index in [2.05, 4.69) is 26.3 Å². The molecule has 0 radical (unpaired) electrons. The maximum atomic E-state index is 12.6. The molecule has 1 aromatic heterocycles. The summed E-state index contributed by atoms with van der Waals surface area (Å²) in [6.07, 6.45) is 1.32. The van der Waals surface area contributed by atoms with Crippen molar-refractivity contribution >= 4 is 41.1 Å². The van der Waals surface area contributed by atoms with Crippen LogP contribution in [0.3, 0.4) is 0 Å². The summed E-state index contributed by atoms with van der Waals surface area (Å²) in [4.78, 5) is 64.7. The molecule has 0 spiro atoms. The molecule has 1 unspecified atom stereocenters. The fourth-order valence-electron chi connectivity index (χ4n) is 2.92. The average Bonchev–Trinajstić information content (AvgIpc) is 3.24. The molecule has 1 atom stereocenters. The number of nitrogens with one attached hydrogen (secondary N) is 4. The van der Waals surface area contributed by atoms with Crippen molar-refractivity contribution in [3.63, 3.8) is 0 Å². The molecule has 5 N–H and O–H groups in total. The van der Waals surface area contributed by atoms with Crippen LogP contribution in [-0.4, -0.2) is 77.4 Å². The Labute approximate surface area is 209 Å². The van der Waals surface area contributed by atoms with E-state index in [4.69, 9.17) is 0 Å². The van der Waals surface area contributed by atoms with Crippen molar-refractivity contribution in [1.82, 2.24) is 31.2 Å². The standard InChI is InChI=1S/C22H36N6O6S/c1-4-5-9-23-19(31)12-25-17(29)8-6-7-10-24-21(32)16(28(3)22(33)34)11-18(30)26-13-20-27-15(2)14-35-20/h14,16H,4-13H2,1-3H3,(H,23,31)(H,24,32)(H,25,29)(H,26,30)(H,33,34). The Kier molecular flexibility index (Phi) is 14.0. The summed E-state index contributed by atoms with van der Waals surface area (Å²) in [7, 11) is 1.23. The smallest absolute Gasteiger partial charge is 0.407 e. The Bertz CT molecular complexity index is 861. The van der Waals surface area contributed by atoms with E-state index in [1.165, 1.54) is 18.4 Å². The zero-order valence-electron chi connectivity index (χ0n) is 20.5. The quantitative estimate of drug-likeness (QED) is 0.204. The zero-order chi connectivity index (χ0) is 26.2. The lowest BCUT2D eigenvalue weighted by Crippen LogP contribution is -2.49. The Balaban J connectivity index is 2.36. The molecule has 0 aliphatic heterocycles. The van der Waals surface area contributed by atoms with Crippen LogP contribution in [0, 0.1) is 6.92 Å². The number of aryl methyl sites for hydroxylation is 1. The van der Waals surface area contributed by atoms with Crippen LogP contribution in [-0.2, 0) is 25.7 Å². The van der Waals surface area contributed by atoms with Gasteiger partial charge in [0.15, 0.2) is 0 Å². The third-order valence-electron chi connectivity index (χ3n) is 4.98. The fraction of sp³-hybridized carbons (Fsp3) is 0.636. The van der Waals surface area contributed by atoms with Gasteiger partial charge in [-0.2, -0.15) is 0 Å². The van der Waals surface area contributed by atoms with E-state index in [1.54, 1.807) is 0 Å². The number of rotatable bonds is 16. The summed E-state index contributed by atoms with van der Waals surface area (Å²) in [5.41, 5.74) is 0.840. The minimum atomic E-state index is -1.33. The Hall–Kier alpha value is -3.22. The summed E-state index contributed by atoms with van der Waals surface area (Å²) in [5, 5.41) is 22.4. The van der Waals surface area contributed by atoms with Crippen molar-refractivity contribution in [2.24, 2.45) is 0 Å². The number of hydrogen-bond acceptors (Lipinski definition) is 7. The van der Waals surface area contributed by atoms with Crippen LogP contribution in [0.15, 0.2) is 5.38 Å². The summed E-state index contributed by atoms with van der Waals surface area (Å²) in [5.74, 6) is -1.57. The summed E-state index contributed by atoms with van der Waals surface area (Å²) in [6.45, 7) is 4.77. The van der Waals surface area contributed by atoms with Gasteiger partial charge in [-0.25, -0.2) is 9.78 Å². The molecule has 0 bridgehead atoms. The van der Waals surface area contributed by atoms with Gasteiger partial charge in [0, 0.05) is 37.6 Å². The molecule has 0 saturated heterocycles. The average molecular weight is 513 g/mol. The third-order valence-corrected chi connectivity index (χ3v) is 5.95. The highest BCUT2D eigenvalue weighted by Gasteiger charge is 2.29. The number of nitrogens with zero attached hydrogens (tertiary/aromatic N) is 2. The Morgan fingerprint density at radius 3 is 2.34 bits per heavy atom. The van der Waals surface area contributed by atoms with Crippen molar-refractivity contribution in [3.05, 3.63) is 16.1 Å². The lowest BCUT2D eigenvalue weighted by atomic mass is 10.1. The maximum absolute atomic E-state index is 12.6. The number of unbranched alkanes of at least 4 members (excludes halogenated alkanes) is 2. The summed E-state index contributed by atoms with van der Waals surface area (Å²) in [6, 6.07) is -1.19. The second kappa shape index (κ2) is 16.4. The van der Waals surface area contributed by atoms with Crippen LogP contribution in [0.5, 0.6) is 0 Å². The Morgan fingerprint density at radius 1 is 1.00 bits per heavy atom. The lowest BCUT2D eigenvalue weighted by Gasteiger charge is -2.24.